The van der Waals surface area contributed by atoms with Gasteiger partial charge in [0.1, 0.15) is 5.75 Å². The first-order valence-electron chi connectivity index (χ1n) is 10.5. The van der Waals surface area contributed by atoms with Crippen LogP contribution in [0.1, 0.15) is 27.2 Å². The van der Waals surface area contributed by atoms with Crippen LogP contribution < -0.4 is 4.74 Å². The van der Waals surface area contributed by atoms with Crippen molar-refractivity contribution >= 4 is 17.5 Å². The first-order chi connectivity index (χ1) is 15.0. The van der Waals surface area contributed by atoms with Gasteiger partial charge in [0.05, 0.1) is 0 Å². The van der Waals surface area contributed by atoms with Crippen LogP contribution in [-0.4, -0.2) is 51.7 Å². The van der Waals surface area contributed by atoms with Gasteiger partial charge >= 0.3 is 0 Å². The molecule has 0 aliphatic carbocycles. The van der Waals surface area contributed by atoms with Crippen molar-refractivity contribution in [3.05, 3.63) is 82.1 Å². The molecule has 0 radical (unpaired) electrons. The molecule has 0 N–H and O–H groups in total. The second-order valence-corrected chi connectivity index (χ2v) is 8.35. The zero-order chi connectivity index (χ0) is 21.8. The van der Waals surface area contributed by atoms with E-state index in [1.54, 1.807) is 16.9 Å². The maximum absolute atomic E-state index is 12.9. The number of rotatable bonds is 6. The van der Waals surface area contributed by atoms with E-state index < -0.39 is 0 Å². The summed E-state index contributed by atoms with van der Waals surface area (Å²) in [5.74, 6) is 0.784. The number of benzene rings is 2. The van der Waals surface area contributed by atoms with Crippen LogP contribution in [0.2, 0.25) is 5.02 Å². The third-order valence-corrected chi connectivity index (χ3v) is 5.92. The van der Waals surface area contributed by atoms with Crippen molar-refractivity contribution in [2.75, 3.05) is 26.2 Å². The highest BCUT2D eigenvalue weighted by Crippen LogP contribution is 2.20. The van der Waals surface area contributed by atoms with E-state index in [0.29, 0.717) is 18.8 Å². The Labute approximate surface area is 188 Å². The molecule has 1 saturated heterocycles. The highest BCUT2D eigenvalue weighted by Gasteiger charge is 2.24. The van der Waals surface area contributed by atoms with Gasteiger partial charge in [-0.15, -0.1) is 0 Å². The Morgan fingerprint density at radius 1 is 1.06 bits per heavy atom. The minimum absolute atomic E-state index is 0.0392. The van der Waals surface area contributed by atoms with Crippen LogP contribution in [0.4, 0.5) is 0 Å². The topological polar surface area (TPSA) is 50.6 Å². The molecule has 4 rings (SSSR count). The molecule has 7 heteroatoms. The Bertz CT molecular complexity index is 1060. The summed E-state index contributed by atoms with van der Waals surface area (Å²) >= 11 is 6.27. The predicted octanol–water partition coefficient (Wildman–Crippen LogP) is 4.15. The van der Waals surface area contributed by atoms with Crippen LogP contribution in [-0.2, 0) is 13.3 Å². The number of piperazine rings is 1. The summed E-state index contributed by atoms with van der Waals surface area (Å²) in [6.45, 7) is 8.12. The van der Waals surface area contributed by atoms with E-state index in [1.807, 2.05) is 48.2 Å². The second kappa shape index (κ2) is 9.54. The summed E-state index contributed by atoms with van der Waals surface area (Å²) < 4.78 is 7.51. The van der Waals surface area contributed by atoms with Gasteiger partial charge in [-0.3, -0.25) is 9.69 Å². The number of aromatic nitrogens is 2. The average molecular weight is 439 g/mol. The molecular weight excluding hydrogens is 412 g/mol. The van der Waals surface area contributed by atoms with Gasteiger partial charge in [-0.2, -0.15) is 5.10 Å². The molecule has 2 heterocycles. The summed E-state index contributed by atoms with van der Waals surface area (Å²) in [5.41, 5.74) is 3.84. The van der Waals surface area contributed by atoms with Crippen LogP contribution in [0.5, 0.6) is 5.75 Å². The second-order valence-electron chi connectivity index (χ2n) is 7.94. The molecule has 6 nitrogen and oxygen atoms in total. The Morgan fingerprint density at radius 3 is 2.58 bits per heavy atom. The predicted molar refractivity (Wildman–Crippen MR) is 121 cm³/mol. The van der Waals surface area contributed by atoms with E-state index in [9.17, 15) is 4.79 Å². The van der Waals surface area contributed by atoms with Crippen molar-refractivity contribution in [1.29, 1.82) is 0 Å². The minimum atomic E-state index is -0.0392. The number of carbonyl (C=O) groups is 1. The minimum Gasteiger partial charge on any atom is -0.471 e. The fourth-order valence-corrected chi connectivity index (χ4v) is 3.98. The van der Waals surface area contributed by atoms with Gasteiger partial charge in [0, 0.05) is 43.9 Å². The number of nitrogens with zero attached hydrogens (tertiary/aromatic N) is 4. The largest absolute Gasteiger partial charge is 0.471 e. The van der Waals surface area contributed by atoms with Crippen LogP contribution in [0.3, 0.4) is 0 Å². The fourth-order valence-electron chi connectivity index (χ4n) is 3.78. The molecular formula is C24H27ClN4O2. The van der Waals surface area contributed by atoms with Crippen LogP contribution in [0.25, 0.3) is 0 Å². The lowest BCUT2D eigenvalue weighted by Crippen LogP contribution is -2.48. The number of hydrogen-bond acceptors (Lipinski definition) is 4. The van der Waals surface area contributed by atoms with Crippen LogP contribution in [0.15, 0.2) is 54.7 Å². The summed E-state index contributed by atoms with van der Waals surface area (Å²) in [4.78, 5) is 17.1. The quantitative estimate of drug-likeness (QED) is 0.580. The van der Waals surface area contributed by atoms with E-state index in [-0.39, 0.29) is 12.6 Å². The van der Waals surface area contributed by atoms with Crippen molar-refractivity contribution in [3.8, 4) is 5.75 Å². The van der Waals surface area contributed by atoms with Crippen molar-refractivity contribution < 1.29 is 9.53 Å². The van der Waals surface area contributed by atoms with Gasteiger partial charge in [-0.1, -0.05) is 47.5 Å². The van der Waals surface area contributed by atoms with Crippen molar-refractivity contribution in [2.45, 2.75) is 27.1 Å². The highest BCUT2D eigenvalue weighted by molar-refractivity contribution is 6.31. The normalized spacial score (nSPS) is 14.6. The van der Waals surface area contributed by atoms with E-state index in [0.717, 1.165) is 41.5 Å². The Hall–Kier alpha value is -2.83. The Balaban J connectivity index is 1.29. The molecule has 1 fully saturated rings. The van der Waals surface area contributed by atoms with Crippen molar-refractivity contribution in [1.82, 2.24) is 19.6 Å². The molecule has 0 bridgehead atoms. The smallest absolute Gasteiger partial charge is 0.274 e. The number of ether oxygens (including phenoxy) is 1. The molecule has 1 aliphatic heterocycles. The van der Waals surface area contributed by atoms with Gasteiger partial charge in [0.25, 0.3) is 5.91 Å². The molecule has 1 amide bonds. The average Bonchev–Trinajstić information content (AvgIpc) is 3.24. The van der Waals surface area contributed by atoms with E-state index in [4.69, 9.17) is 16.3 Å². The maximum Gasteiger partial charge on any atom is 0.274 e. The first-order valence-corrected chi connectivity index (χ1v) is 10.9. The zero-order valence-electron chi connectivity index (χ0n) is 17.9. The summed E-state index contributed by atoms with van der Waals surface area (Å²) in [7, 11) is 0. The molecule has 31 heavy (non-hydrogen) atoms. The van der Waals surface area contributed by atoms with Gasteiger partial charge in [0.2, 0.25) is 0 Å². The van der Waals surface area contributed by atoms with Gasteiger partial charge in [0.15, 0.2) is 12.4 Å². The van der Waals surface area contributed by atoms with Crippen molar-refractivity contribution in [2.24, 2.45) is 0 Å². The number of halogens is 1. The standard InChI is InChI=1S/C24H27ClN4O2/c1-18-7-8-23(19(2)15-18)31-17-29-10-9-22(26-29)24(30)28-13-11-27(12-14-28)16-20-5-3-4-6-21(20)25/h3-10,15H,11-14,16-17H2,1-2H3. The third-order valence-electron chi connectivity index (χ3n) is 5.55. The molecule has 0 spiro atoms. The van der Waals surface area contributed by atoms with Crippen LogP contribution >= 0.6 is 11.6 Å². The molecule has 3 aromatic rings. The zero-order valence-corrected chi connectivity index (χ0v) is 18.7. The fraction of sp³-hybridized carbons (Fsp3) is 0.333. The van der Waals surface area contributed by atoms with E-state index >= 15 is 0 Å². The molecule has 2 aromatic carbocycles. The number of amides is 1. The lowest BCUT2D eigenvalue weighted by Gasteiger charge is -2.34. The monoisotopic (exact) mass is 438 g/mol. The highest BCUT2D eigenvalue weighted by atomic mass is 35.5. The van der Waals surface area contributed by atoms with Crippen molar-refractivity contribution in [3.63, 3.8) is 0 Å². The van der Waals surface area contributed by atoms with Crippen LogP contribution in [0, 0.1) is 13.8 Å². The lowest BCUT2D eigenvalue weighted by atomic mass is 10.1. The summed E-state index contributed by atoms with van der Waals surface area (Å²) in [6.07, 6.45) is 1.78. The number of hydrogen-bond donors (Lipinski definition) is 0. The van der Waals surface area contributed by atoms with E-state index in [1.165, 1.54) is 5.56 Å². The molecule has 162 valence electrons. The maximum atomic E-state index is 12.9. The summed E-state index contributed by atoms with van der Waals surface area (Å²) in [5, 5.41) is 5.20. The van der Waals surface area contributed by atoms with E-state index in [2.05, 4.69) is 23.0 Å². The molecule has 0 unspecified atom stereocenters. The van der Waals surface area contributed by atoms with Gasteiger partial charge in [-0.05, 0) is 43.2 Å². The number of aryl methyl sites for hydroxylation is 2. The lowest BCUT2D eigenvalue weighted by molar-refractivity contribution is 0.0621. The molecule has 1 aromatic heterocycles. The third kappa shape index (κ3) is 5.27. The summed E-state index contributed by atoms with van der Waals surface area (Å²) in [6, 6.07) is 15.7. The molecule has 1 aliphatic rings. The Kier molecular flexibility index (Phi) is 6.59. The van der Waals surface area contributed by atoms with Gasteiger partial charge in [-0.25, -0.2) is 4.68 Å². The Morgan fingerprint density at radius 2 is 1.84 bits per heavy atom. The molecule has 0 saturated carbocycles. The number of carbonyl (C=O) groups excluding carboxylic acids is 1. The SMILES string of the molecule is Cc1ccc(OCn2ccc(C(=O)N3CCN(Cc4ccccc4Cl)CC3)n2)c(C)c1. The van der Waals surface area contributed by atoms with Gasteiger partial charge < -0.3 is 9.64 Å². The first kappa shape index (κ1) is 21.4. The molecule has 0 atom stereocenters.